The maximum Gasteiger partial charge on any atom is 0.119 e. The summed E-state index contributed by atoms with van der Waals surface area (Å²) in [6, 6.07) is 9.32. The third-order valence-electron chi connectivity index (χ3n) is 4.76. The molecule has 2 heterocycles. The summed E-state index contributed by atoms with van der Waals surface area (Å²) in [7, 11) is 0. The van der Waals surface area contributed by atoms with Crippen LogP contribution in [-0.4, -0.2) is 61.8 Å². The molecule has 0 aliphatic carbocycles. The van der Waals surface area contributed by atoms with E-state index < -0.39 is 0 Å². The normalized spacial score (nSPS) is 21.9. The van der Waals surface area contributed by atoms with Crippen LogP contribution in [0, 0.1) is 0 Å². The summed E-state index contributed by atoms with van der Waals surface area (Å²) >= 11 is 0. The first-order valence-corrected chi connectivity index (χ1v) is 8.61. The highest BCUT2D eigenvalue weighted by atomic mass is 16.5. The zero-order chi connectivity index (χ0) is 15.2. The van der Waals surface area contributed by atoms with Crippen molar-refractivity contribution in [3.8, 4) is 5.75 Å². The molecule has 1 aromatic rings. The van der Waals surface area contributed by atoms with Gasteiger partial charge in [-0.05, 0) is 50.6 Å². The van der Waals surface area contributed by atoms with Crippen LogP contribution in [0.15, 0.2) is 24.3 Å². The number of hydrogen-bond acceptors (Lipinski definition) is 4. The standard InChI is InChI=1S/C18H28N2O2/c1-2-22-18-5-3-16(4-6-18)15-19-9-7-17(8-10-19)20-11-13-21-14-12-20/h3-6,17H,2,7-15H2,1H3. The van der Waals surface area contributed by atoms with Gasteiger partial charge in [0.25, 0.3) is 0 Å². The number of piperidine rings is 1. The number of ether oxygens (including phenoxy) is 2. The number of morpholine rings is 1. The molecule has 0 N–H and O–H groups in total. The molecule has 2 aliphatic rings. The molecule has 3 rings (SSSR count). The lowest BCUT2D eigenvalue weighted by Gasteiger charge is -2.40. The molecule has 0 aromatic heterocycles. The van der Waals surface area contributed by atoms with Crippen molar-refractivity contribution in [1.82, 2.24) is 9.80 Å². The first-order chi connectivity index (χ1) is 10.8. The largest absolute Gasteiger partial charge is 0.494 e. The van der Waals surface area contributed by atoms with Gasteiger partial charge in [0.1, 0.15) is 5.75 Å². The average molecular weight is 304 g/mol. The second-order valence-electron chi connectivity index (χ2n) is 6.23. The number of likely N-dealkylation sites (tertiary alicyclic amines) is 1. The topological polar surface area (TPSA) is 24.9 Å². The van der Waals surface area contributed by atoms with Gasteiger partial charge in [-0.25, -0.2) is 0 Å². The fourth-order valence-electron chi connectivity index (χ4n) is 3.50. The molecule has 0 spiro atoms. The van der Waals surface area contributed by atoms with E-state index in [1.165, 1.54) is 31.5 Å². The Labute approximate surface area is 134 Å². The maximum atomic E-state index is 5.50. The van der Waals surface area contributed by atoms with Gasteiger partial charge in [0.2, 0.25) is 0 Å². The van der Waals surface area contributed by atoms with Crippen LogP contribution in [0.3, 0.4) is 0 Å². The molecule has 2 saturated heterocycles. The third kappa shape index (κ3) is 4.22. The van der Waals surface area contributed by atoms with Gasteiger partial charge in [-0.15, -0.1) is 0 Å². The molecule has 0 atom stereocenters. The first-order valence-electron chi connectivity index (χ1n) is 8.61. The first kappa shape index (κ1) is 15.8. The van der Waals surface area contributed by atoms with E-state index in [9.17, 15) is 0 Å². The van der Waals surface area contributed by atoms with Gasteiger partial charge in [-0.2, -0.15) is 0 Å². The minimum absolute atomic E-state index is 0.731. The molecule has 122 valence electrons. The Morgan fingerprint density at radius 2 is 1.73 bits per heavy atom. The average Bonchev–Trinajstić information content (AvgIpc) is 2.58. The zero-order valence-corrected chi connectivity index (χ0v) is 13.7. The molecule has 4 heteroatoms. The second kappa shape index (κ2) is 7.95. The van der Waals surface area contributed by atoms with Crippen LogP contribution in [0.1, 0.15) is 25.3 Å². The monoisotopic (exact) mass is 304 g/mol. The van der Waals surface area contributed by atoms with Gasteiger partial charge >= 0.3 is 0 Å². The summed E-state index contributed by atoms with van der Waals surface area (Å²) in [5.41, 5.74) is 1.38. The van der Waals surface area contributed by atoms with Crippen molar-refractivity contribution in [3.05, 3.63) is 29.8 Å². The van der Waals surface area contributed by atoms with Gasteiger partial charge in [-0.3, -0.25) is 9.80 Å². The van der Waals surface area contributed by atoms with E-state index in [0.717, 1.165) is 51.2 Å². The van der Waals surface area contributed by atoms with Crippen molar-refractivity contribution in [2.24, 2.45) is 0 Å². The summed E-state index contributed by atoms with van der Waals surface area (Å²) in [6.45, 7) is 10.3. The van der Waals surface area contributed by atoms with Crippen LogP contribution >= 0.6 is 0 Å². The summed E-state index contributed by atoms with van der Waals surface area (Å²) in [5.74, 6) is 0.970. The third-order valence-corrected chi connectivity index (χ3v) is 4.76. The lowest BCUT2D eigenvalue weighted by Crippen LogP contribution is -2.48. The highest BCUT2D eigenvalue weighted by molar-refractivity contribution is 5.27. The molecule has 2 fully saturated rings. The minimum Gasteiger partial charge on any atom is -0.494 e. The van der Waals surface area contributed by atoms with Crippen molar-refractivity contribution in [2.45, 2.75) is 32.4 Å². The summed E-state index contributed by atoms with van der Waals surface area (Å²) in [6.07, 6.45) is 2.58. The van der Waals surface area contributed by atoms with Gasteiger partial charge in [0.15, 0.2) is 0 Å². The summed E-state index contributed by atoms with van der Waals surface area (Å²) < 4.78 is 11.0. The van der Waals surface area contributed by atoms with Crippen LogP contribution in [0.25, 0.3) is 0 Å². The molecule has 0 radical (unpaired) electrons. The minimum atomic E-state index is 0.731. The predicted molar refractivity (Wildman–Crippen MR) is 88.3 cm³/mol. The van der Waals surface area contributed by atoms with E-state index >= 15 is 0 Å². The van der Waals surface area contributed by atoms with Gasteiger partial charge in [0, 0.05) is 25.7 Å². The fraction of sp³-hybridized carbons (Fsp3) is 0.667. The maximum absolute atomic E-state index is 5.50. The molecule has 4 nitrogen and oxygen atoms in total. The number of rotatable bonds is 5. The van der Waals surface area contributed by atoms with Crippen molar-refractivity contribution in [1.29, 1.82) is 0 Å². The van der Waals surface area contributed by atoms with Crippen molar-refractivity contribution >= 4 is 0 Å². The van der Waals surface area contributed by atoms with E-state index in [1.807, 2.05) is 6.92 Å². The van der Waals surface area contributed by atoms with Crippen LogP contribution in [0.2, 0.25) is 0 Å². The smallest absolute Gasteiger partial charge is 0.119 e. The summed E-state index contributed by atoms with van der Waals surface area (Å²) in [4.78, 5) is 5.20. The highest BCUT2D eigenvalue weighted by Gasteiger charge is 2.25. The van der Waals surface area contributed by atoms with Crippen LogP contribution < -0.4 is 4.74 Å². The quantitative estimate of drug-likeness (QED) is 0.834. The van der Waals surface area contributed by atoms with Crippen LogP contribution in [0.5, 0.6) is 5.75 Å². The van der Waals surface area contributed by atoms with Gasteiger partial charge in [-0.1, -0.05) is 12.1 Å². The number of hydrogen-bond donors (Lipinski definition) is 0. The lowest BCUT2D eigenvalue weighted by atomic mass is 10.0. The van der Waals surface area contributed by atoms with E-state index in [0.29, 0.717) is 0 Å². The Morgan fingerprint density at radius 3 is 2.36 bits per heavy atom. The zero-order valence-electron chi connectivity index (χ0n) is 13.7. The molecule has 0 amide bonds. The van der Waals surface area contributed by atoms with Crippen molar-refractivity contribution in [3.63, 3.8) is 0 Å². The molecule has 22 heavy (non-hydrogen) atoms. The van der Waals surface area contributed by atoms with Gasteiger partial charge < -0.3 is 9.47 Å². The van der Waals surface area contributed by atoms with E-state index in [2.05, 4.69) is 34.1 Å². The Morgan fingerprint density at radius 1 is 1.05 bits per heavy atom. The Bertz CT molecular complexity index is 435. The molecule has 0 unspecified atom stereocenters. The SMILES string of the molecule is CCOc1ccc(CN2CCC(N3CCOCC3)CC2)cc1. The Hall–Kier alpha value is -1.10. The predicted octanol–water partition coefficient (Wildman–Crippen LogP) is 2.38. The Balaban J connectivity index is 1.45. The van der Waals surface area contributed by atoms with E-state index in [-0.39, 0.29) is 0 Å². The van der Waals surface area contributed by atoms with Crippen molar-refractivity contribution < 1.29 is 9.47 Å². The molecular weight excluding hydrogens is 276 g/mol. The number of nitrogens with zero attached hydrogens (tertiary/aromatic N) is 2. The van der Waals surface area contributed by atoms with E-state index in [4.69, 9.17) is 9.47 Å². The molecule has 2 aliphatic heterocycles. The van der Waals surface area contributed by atoms with Crippen LogP contribution in [-0.2, 0) is 11.3 Å². The fourth-order valence-corrected chi connectivity index (χ4v) is 3.50. The highest BCUT2D eigenvalue weighted by Crippen LogP contribution is 2.20. The molecule has 0 bridgehead atoms. The molecule has 0 saturated carbocycles. The Kier molecular flexibility index (Phi) is 5.70. The summed E-state index contributed by atoms with van der Waals surface area (Å²) in [5, 5.41) is 0. The van der Waals surface area contributed by atoms with Crippen molar-refractivity contribution in [2.75, 3.05) is 46.0 Å². The molecule has 1 aromatic carbocycles. The molecular formula is C18H28N2O2. The van der Waals surface area contributed by atoms with Crippen LogP contribution in [0.4, 0.5) is 0 Å². The number of benzene rings is 1. The van der Waals surface area contributed by atoms with Gasteiger partial charge in [0.05, 0.1) is 19.8 Å². The second-order valence-corrected chi connectivity index (χ2v) is 6.23. The lowest BCUT2D eigenvalue weighted by molar-refractivity contribution is 0.000229. The van der Waals surface area contributed by atoms with E-state index in [1.54, 1.807) is 0 Å².